The van der Waals surface area contributed by atoms with Crippen LogP contribution in [-0.4, -0.2) is 26.4 Å². The van der Waals surface area contributed by atoms with Gasteiger partial charge in [0.05, 0.1) is 18.9 Å². The minimum absolute atomic E-state index is 0.270. The fourth-order valence-corrected chi connectivity index (χ4v) is 1.58. The molecule has 1 rings (SSSR count). The molecule has 0 spiro atoms. The van der Waals surface area contributed by atoms with E-state index in [0.717, 1.165) is 11.4 Å². The quantitative estimate of drug-likeness (QED) is 0.804. The smallest absolute Gasteiger partial charge is 0.142 e. The number of benzene rings is 1. The molecule has 16 heavy (non-hydrogen) atoms. The summed E-state index contributed by atoms with van der Waals surface area (Å²) in [4.78, 5) is 0. The third kappa shape index (κ3) is 3.74. The van der Waals surface area contributed by atoms with Gasteiger partial charge >= 0.3 is 0 Å². The molecule has 1 aromatic carbocycles. The molecular formula is C13H21NO2. The molecule has 0 bridgehead atoms. The third-order valence-electron chi connectivity index (χ3n) is 2.26. The summed E-state index contributed by atoms with van der Waals surface area (Å²) in [7, 11) is 1.71. The monoisotopic (exact) mass is 223 g/mol. The maximum atomic E-state index is 5.59. The van der Waals surface area contributed by atoms with Crippen molar-refractivity contribution in [1.82, 2.24) is 0 Å². The molecule has 0 aliphatic heterocycles. The summed E-state index contributed by atoms with van der Waals surface area (Å²) >= 11 is 0. The van der Waals surface area contributed by atoms with Crippen LogP contribution in [0.4, 0.5) is 5.69 Å². The van der Waals surface area contributed by atoms with Gasteiger partial charge in [0.1, 0.15) is 5.75 Å². The Morgan fingerprint density at radius 2 is 2.12 bits per heavy atom. The van der Waals surface area contributed by atoms with E-state index in [4.69, 9.17) is 9.47 Å². The number of aryl methyl sites for hydroxylation is 1. The Morgan fingerprint density at radius 1 is 1.38 bits per heavy atom. The van der Waals surface area contributed by atoms with Crippen LogP contribution >= 0.6 is 0 Å². The lowest BCUT2D eigenvalue weighted by atomic mass is 10.2. The number of ether oxygens (including phenoxy) is 2. The van der Waals surface area contributed by atoms with Crippen molar-refractivity contribution in [3.8, 4) is 5.75 Å². The van der Waals surface area contributed by atoms with Crippen LogP contribution in [0, 0.1) is 6.92 Å². The van der Waals surface area contributed by atoms with Crippen LogP contribution in [0.2, 0.25) is 0 Å². The van der Waals surface area contributed by atoms with Crippen LogP contribution in [0.3, 0.4) is 0 Å². The fourth-order valence-electron chi connectivity index (χ4n) is 1.58. The van der Waals surface area contributed by atoms with Crippen LogP contribution < -0.4 is 10.1 Å². The van der Waals surface area contributed by atoms with Crippen molar-refractivity contribution in [3.05, 3.63) is 23.8 Å². The highest BCUT2D eigenvalue weighted by Gasteiger charge is 2.07. The predicted octanol–water partition coefficient (Wildman–Crippen LogP) is 2.84. The molecule has 3 heteroatoms. The molecular weight excluding hydrogens is 202 g/mol. The zero-order chi connectivity index (χ0) is 12.0. The summed E-state index contributed by atoms with van der Waals surface area (Å²) in [5.41, 5.74) is 2.23. The van der Waals surface area contributed by atoms with E-state index < -0.39 is 0 Å². The normalized spacial score (nSPS) is 12.2. The van der Waals surface area contributed by atoms with Gasteiger partial charge in [0.15, 0.2) is 0 Å². The van der Waals surface area contributed by atoms with Crippen LogP contribution in [-0.2, 0) is 4.74 Å². The maximum Gasteiger partial charge on any atom is 0.142 e. The number of hydrogen-bond acceptors (Lipinski definition) is 3. The summed E-state index contributed by atoms with van der Waals surface area (Å²) in [6, 6.07) is 6.44. The van der Waals surface area contributed by atoms with Gasteiger partial charge in [-0.25, -0.2) is 0 Å². The van der Waals surface area contributed by atoms with E-state index in [1.165, 1.54) is 5.56 Å². The van der Waals surface area contributed by atoms with Crippen molar-refractivity contribution in [2.45, 2.75) is 26.8 Å². The van der Waals surface area contributed by atoms with E-state index >= 15 is 0 Å². The van der Waals surface area contributed by atoms with Crippen molar-refractivity contribution in [3.63, 3.8) is 0 Å². The van der Waals surface area contributed by atoms with Gasteiger partial charge in [-0.1, -0.05) is 6.07 Å². The molecule has 0 fully saturated rings. The Bertz CT molecular complexity index is 326. The molecule has 0 saturated carbocycles. The number of nitrogens with one attached hydrogen (secondary N) is 1. The molecule has 3 nitrogen and oxygen atoms in total. The summed E-state index contributed by atoms with van der Waals surface area (Å²) < 4.78 is 10.7. The lowest BCUT2D eigenvalue weighted by Crippen LogP contribution is -2.21. The second-order valence-electron chi connectivity index (χ2n) is 3.93. The molecule has 0 saturated heterocycles. The maximum absolute atomic E-state index is 5.59. The molecule has 0 radical (unpaired) electrons. The molecule has 90 valence electrons. The Labute approximate surface area is 97.8 Å². The molecule has 0 aromatic heterocycles. The minimum atomic E-state index is 0.270. The zero-order valence-corrected chi connectivity index (χ0v) is 10.5. The highest BCUT2D eigenvalue weighted by Crippen LogP contribution is 2.26. The summed E-state index contributed by atoms with van der Waals surface area (Å²) in [6.07, 6.45) is 0. The van der Waals surface area contributed by atoms with Gasteiger partial charge in [0, 0.05) is 13.2 Å². The molecule has 0 aliphatic rings. The van der Waals surface area contributed by atoms with E-state index in [1.54, 1.807) is 7.11 Å². The first kappa shape index (κ1) is 12.8. The molecule has 1 N–H and O–H groups in total. The van der Waals surface area contributed by atoms with Crippen LogP contribution in [0.1, 0.15) is 19.4 Å². The number of anilines is 1. The molecule has 1 atom stereocenters. The van der Waals surface area contributed by atoms with Crippen molar-refractivity contribution in [2.24, 2.45) is 0 Å². The van der Waals surface area contributed by atoms with Crippen molar-refractivity contribution < 1.29 is 9.47 Å². The first-order valence-electron chi connectivity index (χ1n) is 5.66. The molecule has 0 aliphatic carbocycles. The molecule has 0 heterocycles. The first-order chi connectivity index (χ1) is 7.67. The van der Waals surface area contributed by atoms with Crippen molar-refractivity contribution >= 4 is 5.69 Å². The third-order valence-corrected chi connectivity index (χ3v) is 2.26. The standard InChI is InChI=1S/C13H21NO2/c1-5-16-13-8-10(2)6-7-12(13)14-11(3)9-15-4/h6-8,11,14H,5,9H2,1-4H3. The van der Waals surface area contributed by atoms with Crippen molar-refractivity contribution in [1.29, 1.82) is 0 Å². The van der Waals surface area contributed by atoms with E-state index in [-0.39, 0.29) is 6.04 Å². The highest BCUT2D eigenvalue weighted by molar-refractivity contribution is 5.58. The number of hydrogen-bond donors (Lipinski definition) is 1. The van der Waals surface area contributed by atoms with Crippen LogP contribution in [0.5, 0.6) is 5.75 Å². The topological polar surface area (TPSA) is 30.5 Å². The summed E-state index contributed by atoms with van der Waals surface area (Å²) in [6.45, 7) is 7.49. The Balaban J connectivity index is 2.77. The van der Waals surface area contributed by atoms with Gasteiger partial charge in [-0.3, -0.25) is 0 Å². The fraction of sp³-hybridized carbons (Fsp3) is 0.538. The van der Waals surface area contributed by atoms with Gasteiger partial charge in [-0.15, -0.1) is 0 Å². The SMILES string of the molecule is CCOc1cc(C)ccc1NC(C)COC. The second kappa shape index (κ2) is 6.38. The summed E-state index contributed by atoms with van der Waals surface area (Å²) in [5, 5.41) is 3.37. The van der Waals surface area contributed by atoms with Gasteiger partial charge < -0.3 is 14.8 Å². The Hall–Kier alpha value is -1.22. The number of methoxy groups -OCH3 is 1. The second-order valence-corrected chi connectivity index (χ2v) is 3.93. The van der Waals surface area contributed by atoms with E-state index in [0.29, 0.717) is 13.2 Å². The van der Waals surface area contributed by atoms with Crippen LogP contribution in [0.25, 0.3) is 0 Å². The molecule has 1 aromatic rings. The Morgan fingerprint density at radius 3 is 2.75 bits per heavy atom. The van der Waals surface area contributed by atoms with Crippen molar-refractivity contribution in [2.75, 3.05) is 25.6 Å². The van der Waals surface area contributed by atoms with Gasteiger partial charge in [0.2, 0.25) is 0 Å². The zero-order valence-electron chi connectivity index (χ0n) is 10.5. The predicted molar refractivity (Wildman–Crippen MR) is 67.3 cm³/mol. The summed E-state index contributed by atoms with van der Waals surface area (Å²) in [5.74, 6) is 0.908. The average Bonchev–Trinajstić information content (AvgIpc) is 2.23. The lowest BCUT2D eigenvalue weighted by Gasteiger charge is -2.17. The van der Waals surface area contributed by atoms with Gasteiger partial charge in [-0.2, -0.15) is 0 Å². The minimum Gasteiger partial charge on any atom is -0.492 e. The molecule has 0 amide bonds. The largest absolute Gasteiger partial charge is 0.492 e. The van der Waals surface area contributed by atoms with Crippen LogP contribution in [0.15, 0.2) is 18.2 Å². The van der Waals surface area contributed by atoms with E-state index in [9.17, 15) is 0 Å². The van der Waals surface area contributed by atoms with Gasteiger partial charge in [0.25, 0.3) is 0 Å². The van der Waals surface area contributed by atoms with E-state index in [2.05, 4.69) is 25.2 Å². The Kier molecular flexibility index (Phi) is 5.12. The highest BCUT2D eigenvalue weighted by atomic mass is 16.5. The number of rotatable bonds is 6. The van der Waals surface area contributed by atoms with Gasteiger partial charge in [-0.05, 0) is 38.5 Å². The lowest BCUT2D eigenvalue weighted by molar-refractivity contribution is 0.190. The van der Waals surface area contributed by atoms with E-state index in [1.807, 2.05) is 19.1 Å². The average molecular weight is 223 g/mol. The first-order valence-corrected chi connectivity index (χ1v) is 5.66. The molecule has 1 unspecified atom stereocenters.